The molecular formula is C19H36N4O. The van der Waals surface area contributed by atoms with Crippen molar-refractivity contribution in [2.75, 3.05) is 59.0 Å². The number of hydrogen-bond acceptors (Lipinski definition) is 3. The first-order valence-corrected chi connectivity index (χ1v) is 10.1. The molecule has 1 N–H and O–H groups in total. The highest BCUT2D eigenvalue weighted by molar-refractivity contribution is 5.80. The third-order valence-corrected chi connectivity index (χ3v) is 6.00. The molecular weight excluding hydrogens is 300 g/mol. The number of piperidine rings is 1. The van der Waals surface area contributed by atoms with E-state index >= 15 is 0 Å². The van der Waals surface area contributed by atoms with E-state index in [1.807, 2.05) is 0 Å². The number of rotatable bonds is 5. The zero-order chi connectivity index (χ0) is 16.8. The minimum absolute atomic E-state index is 0.404. The molecule has 0 aromatic heterocycles. The predicted molar refractivity (Wildman–Crippen MR) is 99.5 cm³/mol. The second-order valence-corrected chi connectivity index (χ2v) is 7.95. The molecule has 0 saturated carbocycles. The molecule has 3 aliphatic heterocycles. The van der Waals surface area contributed by atoms with Gasteiger partial charge < -0.3 is 19.9 Å². The molecule has 1 unspecified atom stereocenters. The third-order valence-electron chi connectivity index (χ3n) is 6.00. The van der Waals surface area contributed by atoms with Crippen LogP contribution in [0.3, 0.4) is 0 Å². The lowest BCUT2D eigenvalue weighted by molar-refractivity contribution is 0.156. The zero-order valence-corrected chi connectivity index (χ0v) is 15.7. The van der Waals surface area contributed by atoms with Crippen molar-refractivity contribution in [3.8, 4) is 0 Å². The monoisotopic (exact) mass is 336 g/mol. The van der Waals surface area contributed by atoms with Gasteiger partial charge in [0.25, 0.3) is 0 Å². The number of likely N-dealkylation sites (tertiary alicyclic amines) is 2. The number of nitrogens with one attached hydrogen (secondary N) is 1. The summed E-state index contributed by atoms with van der Waals surface area (Å²) in [7, 11) is 0. The summed E-state index contributed by atoms with van der Waals surface area (Å²) >= 11 is 0. The van der Waals surface area contributed by atoms with Crippen molar-refractivity contribution in [1.29, 1.82) is 0 Å². The first kappa shape index (κ1) is 18.0. The second kappa shape index (κ2) is 8.52. The van der Waals surface area contributed by atoms with Crippen LogP contribution in [-0.4, -0.2) is 74.8 Å². The van der Waals surface area contributed by atoms with Gasteiger partial charge in [-0.3, -0.25) is 4.99 Å². The van der Waals surface area contributed by atoms with Gasteiger partial charge in [-0.25, -0.2) is 0 Å². The Morgan fingerprint density at radius 2 is 2.04 bits per heavy atom. The molecule has 3 saturated heterocycles. The summed E-state index contributed by atoms with van der Waals surface area (Å²) in [5.41, 5.74) is 0.404. The van der Waals surface area contributed by atoms with Crippen LogP contribution in [0.1, 0.15) is 46.0 Å². The van der Waals surface area contributed by atoms with Crippen molar-refractivity contribution in [1.82, 2.24) is 15.1 Å². The summed E-state index contributed by atoms with van der Waals surface area (Å²) in [4.78, 5) is 10.1. The average Bonchev–Trinajstić information content (AvgIpc) is 3.23. The topological polar surface area (TPSA) is 40.1 Å². The molecule has 0 radical (unpaired) electrons. The SMILES string of the molecule is CCCN1CCC(CN=C(NCC)N2CCC3(CCOC3)C2)CC1. The molecule has 138 valence electrons. The standard InChI is InChI=1S/C19H36N4O/c1-3-9-22-10-5-17(6-11-22)14-21-18(20-4-2)23-12-7-19(15-23)8-13-24-16-19/h17H,3-16H2,1-2H3,(H,20,21). The van der Waals surface area contributed by atoms with E-state index in [1.54, 1.807) is 0 Å². The molecule has 5 nitrogen and oxygen atoms in total. The Hall–Kier alpha value is -0.810. The Morgan fingerprint density at radius 1 is 1.21 bits per heavy atom. The van der Waals surface area contributed by atoms with Crippen LogP contribution in [0.25, 0.3) is 0 Å². The third kappa shape index (κ3) is 4.42. The normalized spacial score (nSPS) is 29.8. The molecule has 24 heavy (non-hydrogen) atoms. The van der Waals surface area contributed by atoms with E-state index in [-0.39, 0.29) is 0 Å². The van der Waals surface area contributed by atoms with E-state index in [9.17, 15) is 0 Å². The molecule has 3 heterocycles. The lowest BCUT2D eigenvalue weighted by atomic mass is 9.87. The highest BCUT2D eigenvalue weighted by Gasteiger charge is 2.42. The maximum Gasteiger partial charge on any atom is 0.193 e. The van der Waals surface area contributed by atoms with Gasteiger partial charge in [0.1, 0.15) is 0 Å². The molecule has 1 atom stereocenters. The van der Waals surface area contributed by atoms with E-state index in [2.05, 4.69) is 29.0 Å². The van der Waals surface area contributed by atoms with Gasteiger partial charge >= 0.3 is 0 Å². The quantitative estimate of drug-likeness (QED) is 0.617. The Balaban J connectivity index is 1.51. The van der Waals surface area contributed by atoms with Crippen LogP contribution in [0.5, 0.6) is 0 Å². The van der Waals surface area contributed by atoms with Gasteiger partial charge in [-0.2, -0.15) is 0 Å². The van der Waals surface area contributed by atoms with Crippen molar-refractivity contribution in [3.05, 3.63) is 0 Å². The van der Waals surface area contributed by atoms with Gasteiger partial charge in [-0.05, 0) is 64.6 Å². The van der Waals surface area contributed by atoms with E-state index in [0.29, 0.717) is 5.41 Å². The van der Waals surface area contributed by atoms with Crippen LogP contribution in [0, 0.1) is 11.3 Å². The van der Waals surface area contributed by atoms with Crippen LogP contribution >= 0.6 is 0 Å². The van der Waals surface area contributed by atoms with Gasteiger partial charge in [0.15, 0.2) is 5.96 Å². The average molecular weight is 337 g/mol. The van der Waals surface area contributed by atoms with Crippen LogP contribution in [0.4, 0.5) is 0 Å². The Bertz CT molecular complexity index is 412. The highest BCUT2D eigenvalue weighted by atomic mass is 16.5. The van der Waals surface area contributed by atoms with E-state index < -0.39 is 0 Å². The van der Waals surface area contributed by atoms with Crippen LogP contribution in [-0.2, 0) is 4.74 Å². The zero-order valence-electron chi connectivity index (χ0n) is 15.7. The van der Waals surface area contributed by atoms with Gasteiger partial charge in [0.05, 0.1) is 6.61 Å². The first-order valence-electron chi connectivity index (χ1n) is 10.1. The summed E-state index contributed by atoms with van der Waals surface area (Å²) in [5.74, 6) is 1.90. The number of aliphatic imine (C=N–C) groups is 1. The fraction of sp³-hybridized carbons (Fsp3) is 0.947. The molecule has 1 spiro atoms. The Morgan fingerprint density at radius 3 is 2.71 bits per heavy atom. The minimum atomic E-state index is 0.404. The molecule has 0 aromatic rings. The van der Waals surface area contributed by atoms with Crippen molar-refractivity contribution in [3.63, 3.8) is 0 Å². The summed E-state index contributed by atoms with van der Waals surface area (Å²) in [6, 6.07) is 0. The Kier molecular flexibility index (Phi) is 6.39. The van der Waals surface area contributed by atoms with Gasteiger partial charge in [-0.15, -0.1) is 0 Å². The van der Waals surface area contributed by atoms with Crippen molar-refractivity contribution in [2.24, 2.45) is 16.3 Å². The van der Waals surface area contributed by atoms with E-state index in [0.717, 1.165) is 51.3 Å². The Labute approximate surface area is 147 Å². The predicted octanol–water partition coefficient (Wildman–Crippen LogP) is 2.19. The largest absolute Gasteiger partial charge is 0.381 e. The van der Waals surface area contributed by atoms with Crippen molar-refractivity contribution >= 4 is 5.96 Å². The van der Waals surface area contributed by atoms with Crippen LogP contribution in [0.2, 0.25) is 0 Å². The lowest BCUT2D eigenvalue weighted by Crippen LogP contribution is -2.42. The minimum Gasteiger partial charge on any atom is -0.381 e. The summed E-state index contributed by atoms with van der Waals surface area (Å²) in [6.45, 7) is 14.3. The molecule has 0 aromatic carbocycles. The molecule has 0 amide bonds. The van der Waals surface area contributed by atoms with Gasteiger partial charge in [0, 0.05) is 38.2 Å². The van der Waals surface area contributed by atoms with Crippen LogP contribution in [0.15, 0.2) is 4.99 Å². The molecule has 3 rings (SSSR count). The first-order chi connectivity index (χ1) is 11.7. The van der Waals surface area contributed by atoms with E-state index in [1.165, 1.54) is 51.7 Å². The molecule has 0 aliphatic carbocycles. The number of guanidine groups is 1. The summed E-state index contributed by atoms with van der Waals surface area (Å²) in [6.07, 6.45) is 6.36. The maximum atomic E-state index is 5.66. The molecule has 3 aliphatic rings. The van der Waals surface area contributed by atoms with Gasteiger partial charge in [-0.1, -0.05) is 6.92 Å². The van der Waals surface area contributed by atoms with Crippen molar-refractivity contribution < 1.29 is 4.74 Å². The summed E-state index contributed by atoms with van der Waals surface area (Å²) < 4.78 is 5.66. The van der Waals surface area contributed by atoms with Crippen LogP contribution < -0.4 is 5.32 Å². The fourth-order valence-corrected chi connectivity index (χ4v) is 4.44. The highest BCUT2D eigenvalue weighted by Crippen LogP contribution is 2.38. The molecule has 5 heteroatoms. The van der Waals surface area contributed by atoms with Crippen molar-refractivity contribution in [2.45, 2.75) is 46.0 Å². The second-order valence-electron chi connectivity index (χ2n) is 7.95. The number of ether oxygens (including phenoxy) is 1. The lowest BCUT2D eigenvalue weighted by Gasteiger charge is -2.31. The number of nitrogens with zero attached hydrogens (tertiary/aromatic N) is 3. The molecule has 0 bridgehead atoms. The summed E-state index contributed by atoms with van der Waals surface area (Å²) in [5, 5.41) is 3.52. The van der Waals surface area contributed by atoms with E-state index in [4.69, 9.17) is 9.73 Å². The maximum absolute atomic E-state index is 5.66. The number of hydrogen-bond donors (Lipinski definition) is 1. The smallest absolute Gasteiger partial charge is 0.193 e. The fourth-order valence-electron chi connectivity index (χ4n) is 4.44. The van der Waals surface area contributed by atoms with Gasteiger partial charge in [0.2, 0.25) is 0 Å². The molecule has 3 fully saturated rings.